The van der Waals surface area contributed by atoms with Crippen LogP contribution >= 0.6 is 0 Å². The van der Waals surface area contributed by atoms with Gasteiger partial charge >= 0.3 is 0 Å². The molecule has 1 spiro atoms. The molecular weight excluding hydrogens is 508 g/mol. The molecule has 41 heavy (non-hydrogen) atoms. The van der Waals surface area contributed by atoms with E-state index in [0.717, 1.165) is 54.4 Å². The zero-order valence-electron chi connectivity index (χ0n) is 24.0. The summed E-state index contributed by atoms with van der Waals surface area (Å²) in [6.45, 7) is 3.90. The quantitative estimate of drug-likeness (QED) is 0.280. The van der Waals surface area contributed by atoms with Crippen molar-refractivity contribution in [3.05, 3.63) is 107 Å². The minimum Gasteiger partial charge on any atom is -0.361 e. The number of benzene rings is 3. The summed E-state index contributed by atoms with van der Waals surface area (Å²) in [6.07, 6.45) is 5.76. The van der Waals surface area contributed by atoms with E-state index >= 15 is 0 Å². The molecule has 3 N–H and O–H groups in total. The molecule has 1 aliphatic carbocycles. The number of hydrogen-bond donors (Lipinski definition) is 3. The standard InChI is InChI=1S/C35H40N4O2/c1-3-32(24-11-5-4-6-12-24)39(2)34(41)31(22-26-23-37-30-16-10-8-14-27(26)30)38-33(40)29-21-25-13-7-9-15-28(25)35(29)17-19-36-20-18-35/h4-16,23,29,31-32,36-37H,3,17-22H2,1-2H3,(H,38,40)/t29?,31-,32-/m0/s1. The largest absolute Gasteiger partial charge is 0.361 e. The van der Waals surface area contributed by atoms with Crippen molar-refractivity contribution >= 4 is 22.7 Å². The number of aromatic nitrogens is 1. The Morgan fingerprint density at radius 2 is 1.68 bits per heavy atom. The highest BCUT2D eigenvalue weighted by Crippen LogP contribution is 2.49. The second-order valence-electron chi connectivity index (χ2n) is 11.7. The van der Waals surface area contributed by atoms with Crippen molar-refractivity contribution in [3.8, 4) is 0 Å². The highest BCUT2D eigenvalue weighted by Gasteiger charge is 2.50. The average molecular weight is 549 g/mol. The predicted octanol–water partition coefficient (Wildman–Crippen LogP) is 5.30. The zero-order chi connectivity index (χ0) is 28.4. The van der Waals surface area contributed by atoms with Gasteiger partial charge < -0.3 is 20.5 Å². The third-order valence-corrected chi connectivity index (χ3v) is 9.56. The van der Waals surface area contributed by atoms with E-state index in [4.69, 9.17) is 0 Å². The van der Waals surface area contributed by atoms with Crippen molar-refractivity contribution in [1.29, 1.82) is 0 Å². The number of hydrogen-bond acceptors (Lipinski definition) is 3. The molecule has 3 atom stereocenters. The lowest BCUT2D eigenvalue weighted by molar-refractivity contribution is -0.139. The molecule has 6 nitrogen and oxygen atoms in total. The third kappa shape index (κ3) is 5.06. The van der Waals surface area contributed by atoms with Gasteiger partial charge in [-0.2, -0.15) is 0 Å². The summed E-state index contributed by atoms with van der Waals surface area (Å²) in [5, 5.41) is 7.88. The fourth-order valence-electron chi connectivity index (χ4n) is 7.42. The molecule has 6 heteroatoms. The molecule has 0 bridgehead atoms. The van der Waals surface area contributed by atoms with Crippen molar-refractivity contribution in [2.45, 2.75) is 56.5 Å². The Morgan fingerprint density at radius 3 is 2.46 bits per heavy atom. The summed E-state index contributed by atoms with van der Waals surface area (Å²) < 4.78 is 0. The molecule has 0 saturated carbocycles. The van der Waals surface area contributed by atoms with E-state index in [1.165, 1.54) is 11.1 Å². The molecule has 1 unspecified atom stereocenters. The molecule has 4 aromatic rings. The number of H-pyrrole nitrogens is 1. The van der Waals surface area contributed by atoms with E-state index in [1.54, 1.807) is 0 Å². The first-order chi connectivity index (χ1) is 20.0. The molecule has 6 rings (SSSR count). The van der Waals surface area contributed by atoms with Gasteiger partial charge in [0.25, 0.3) is 0 Å². The number of aromatic amines is 1. The third-order valence-electron chi connectivity index (χ3n) is 9.56. The molecule has 212 valence electrons. The maximum absolute atomic E-state index is 14.3. The van der Waals surface area contributed by atoms with Crippen molar-refractivity contribution in [2.75, 3.05) is 20.1 Å². The van der Waals surface area contributed by atoms with Gasteiger partial charge in [0, 0.05) is 36.0 Å². The van der Waals surface area contributed by atoms with Gasteiger partial charge in [0.1, 0.15) is 6.04 Å². The van der Waals surface area contributed by atoms with Crippen LogP contribution < -0.4 is 10.6 Å². The molecule has 3 aromatic carbocycles. The van der Waals surface area contributed by atoms with Gasteiger partial charge in [0.2, 0.25) is 11.8 Å². The highest BCUT2D eigenvalue weighted by molar-refractivity contribution is 5.91. The summed E-state index contributed by atoms with van der Waals surface area (Å²) in [4.78, 5) is 33.8. The summed E-state index contributed by atoms with van der Waals surface area (Å²) >= 11 is 0. The summed E-state index contributed by atoms with van der Waals surface area (Å²) in [5.74, 6) is -0.265. The molecule has 1 fully saturated rings. The van der Waals surface area contributed by atoms with Crippen LogP contribution in [0.1, 0.15) is 54.5 Å². The average Bonchev–Trinajstić information content (AvgIpc) is 3.57. The van der Waals surface area contributed by atoms with Crippen LogP contribution in [0, 0.1) is 5.92 Å². The van der Waals surface area contributed by atoms with Crippen LogP contribution in [-0.2, 0) is 27.8 Å². The number of nitrogens with zero attached hydrogens (tertiary/aromatic N) is 1. The Kier molecular flexibility index (Phi) is 7.67. The van der Waals surface area contributed by atoms with Crippen LogP contribution in [0.15, 0.2) is 85.1 Å². The van der Waals surface area contributed by atoms with Crippen LogP contribution in [0.2, 0.25) is 0 Å². The number of rotatable bonds is 8. The van der Waals surface area contributed by atoms with E-state index in [1.807, 2.05) is 54.5 Å². The Morgan fingerprint density at radius 1 is 0.976 bits per heavy atom. The van der Waals surface area contributed by atoms with Gasteiger partial charge in [-0.15, -0.1) is 0 Å². The topological polar surface area (TPSA) is 77.2 Å². The minimum atomic E-state index is -0.674. The molecule has 2 amide bonds. The van der Waals surface area contributed by atoms with Gasteiger partial charge in [-0.25, -0.2) is 0 Å². The smallest absolute Gasteiger partial charge is 0.245 e. The maximum atomic E-state index is 14.3. The van der Waals surface area contributed by atoms with Gasteiger partial charge in [-0.05, 0) is 67.1 Å². The Balaban J connectivity index is 1.32. The molecule has 0 radical (unpaired) electrons. The first-order valence-corrected chi connectivity index (χ1v) is 15.0. The number of nitrogens with one attached hydrogen (secondary N) is 3. The highest BCUT2D eigenvalue weighted by atomic mass is 16.2. The lowest BCUT2D eigenvalue weighted by Crippen LogP contribution is -2.54. The second kappa shape index (κ2) is 11.5. The number of para-hydroxylation sites is 1. The van der Waals surface area contributed by atoms with E-state index in [9.17, 15) is 9.59 Å². The summed E-state index contributed by atoms with van der Waals surface area (Å²) in [6, 6.07) is 26.1. The van der Waals surface area contributed by atoms with E-state index in [-0.39, 0.29) is 29.2 Å². The van der Waals surface area contributed by atoms with Crippen molar-refractivity contribution in [2.24, 2.45) is 5.92 Å². The molecule has 1 aromatic heterocycles. The zero-order valence-corrected chi connectivity index (χ0v) is 24.0. The predicted molar refractivity (Wildman–Crippen MR) is 164 cm³/mol. The molecular formula is C35H40N4O2. The fourth-order valence-corrected chi connectivity index (χ4v) is 7.42. The van der Waals surface area contributed by atoms with Crippen molar-refractivity contribution in [1.82, 2.24) is 20.5 Å². The van der Waals surface area contributed by atoms with Gasteiger partial charge in [-0.1, -0.05) is 79.7 Å². The van der Waals surface area contributed by atoms with E-state index in [0.29, 0.717) is 12.8 Å². The van der Waals surface area contributed by atoms with Crippen LogP contribution in [0.3, 0.4) is 0 Å². The number of fused-ring (bicyclic) bond motifs is 3. The van der Waals surface area contributed by atoms with Crippen LogP contribution in [-0.4, -0.2) is 47.9 Å². The number of likely N-dealkylation sites (N-methyl/N-ethyl adjacent to an activating group) is 1. The minimum absolute atomic E-state index is 0.0116. The number of piperidine rings is 1. The van der Waals surface area contributed by atoms with Crippen LogP contribution in [0.4, 0.5) is 0 Å². The lowest BCUT2D eigenvalue weighted by Gasteiger charge is -2.40. The molecule has 1 saturated heterocycles. The number of carbonyl (C=O) groups is 2. The van der Waals surface area contributed by atoms with Crippen molar-refractivity contribution in [3.63, 3.8) is 0 Å². The van der Waals surface area contributed by atoms with Crippen LogP contribution in [0.25, 0.3) is 10.9 Å². The van der Waals surface area contributed by atoms with Gasteiger partial charge in [0.05, 0.1) is 12.0 Å². The maximum Gasteiger partial charge on any atom is 0.245 e. The Bertz CT molecular complexity index is 1520. The van der Waals surface area contributed by atoms with Crippen molar-refractivity contribution < 1.29 is 9.59 Å². The normalized spacial score (nSPS) is 19.0. The fraction of sp³-hybridized carbons (Fsp3) is 0.371. The van der Waals surface area contributed by atoms with E-state index < -0.39 is 6.04 Å². The van der Waals surface area contributed by atoms with Gasteiger partial charge in [-0.3, -0.25) is 9.59 Å². The number of amides is 2. The molecule has 2 heterocycles. The SMILES string of the molecule is CC[C@@H](c1ccccc1)N(C)C(=O)[C@H](Cc1c[nH]c2ccccc12)NC(=O)C1Cc2ccccc2C12CCNCC2. The first-order valence-electron chi connectivity index (χ1n) is 15.0. The van der Waals surface area contributed by atoms with Crippen LogP contribution in [0.5, 0.6) is 0 Å². The Hall–Kier alpha value is -3.90. The van der Waals surface area contributed by atoms with Gasteiger partial charge in [0.15, 0.2) is 0 Å². The molecule has 1 aliphatic heterocycles. The summed E-state index contributed by atoms with van der Waals surface area (Å²) in [5.41, 5.74) is 5.55. The summed E-state index contributed by atoms with van der Waals surface area (Å²) in [7, 11) is 1.87. The van der Waals surface area contributed by atoms with E-state index in [2.05, 4.69) is 65.0 Å². The Labute approximate surface area is 242 Å². The second-order valence-corrected chi connectivity index (χ2v) is 11.7. The molecule has 2 aliphatic rings. The monoisotopic (exact) mass is 548 g/mol. The lowest BCUT2D eigenvalue weighted by atomic mass is 9.68. The number of carbonyl (C=O) groups excluding carboxylic acids is 2. The first kappa shape index (κ1) is 27.3.